The molecule has 2 heterocycles. The van der Waals surface area contributed by atoms with Crippen LogP contribution in [-0.4, -0.2) is 23.3 Å². The molecule has 3 aromatic rings. The third-order valence-electron chi connectivity index (χ3n) is 3.06. The first-order chi connectivity index (χ1) is 10.2. The fourth-order valence-corrected chi connectivity index (χ4v) is 2.39. The fourth-order valence-electron chi connectivity index (χ4n) is 2.03. The molecule has 0 radical (unpaired) electrons. The molecule has 6 nitrogen and oxygen atoms in total. The van der Waals surface area contributed by atoms with Gasteiger partial charge in [0.05, 0.1) is 17.8 Å². The lowest BCUT2D eigenvalue weighted by Crippen LogP contribution is -2.00. The number of fused-ring (bicyclic) bond motifs is 1. The molecule has 21 heavy (non-hydrogen) atoms. The summed E-state index contributed by atoms with van der Waals surface area (Å²) in [4.78, 5) is 8.85. The molecule has 0 amide bonds. The minimum Gasteiger partial charge on any atom is -0.311 e. The lowest BCUT2D eigenvalue weighted by Gasteiger charge is -2.04. The normalized spacial score (nSPS) is 12.2. The maximum atomic E-state index is 10.9. The number of nitriles is 1. The second kappa shape index (κ2) is 5.44. The molecule has 0 spiro atoms. The van der Waals surface area contributed by atoms with Crippen molar-refractivity contribution in [2.75, 3.05) is 0 Å². The van der Waals surface area contributed by atoms with Crippen LogP contribution in [0.25, 0.3) is 11.2 Å². The van der Waals surface area contributed by atoms with E-state index in [4.69, 9.17) is 9.81 Å². The number of rotatable bonds is 3. The van der Waals surface area contributed by atoms with Gasteiger partial charge in [0.2, 0.25) is 0 Å². The summed E-state index contributed by atoms with van der Waals surface area (Å²) in [6, 6.07) is 12.2. The van der Waals surface area contributed by atoms with Crippen LogP contribution in [0.15, 0.2) is 47.6 Å². The van der Waals surface area contributed by atoms with Gasteiger partial charge in [-0.15, -0.1) is 0 Å². The Labute approximate surface area is 123 Å². The average Bonchev–Trinajstić information content (AvgIpc) is 2.90. The van der Waals surface area contributed by atoms with Crippen molar-refractivity contribution in [2.45, 2.75) is 11.4 Å². The Morgan fingerprint density at radius 3 is 2.67 bits per heavy atom. The van der Waals surface area contributed by atoms with Gasteiger partial charge in [0.1, 0.15) is 17.3 Å². The SMILES string of the molecule is N#Cc1ccc2ncn(Cc3ccc(S(=O)O)cc3)c2n1. The van der Waals surface area contributed by atoms with Crippen LogP contribution in [0.1, 0.15) is 11.3 Å². The van der Waals surface area contributed by atoms with E-state index < -0.39 is 11.1 Å². The van der Waals surface area contributed by atoms with Gasteiger partial charge < -0.3 is 9.12 Å². The molecule has 1 atom stereocenters. The largest absolute Gasteiger partial charge is 0.311 e. The van der Waals surface area contributed by atoms with E-state index in [1.807, 2.05) is 10.6 Å². The second-order valence-electron chi connectivity index (χ2n) is 4.42. The molecule has 3 rings (SSSR count). The van der Waals surface area contributed by atoms with Crippen LogP contribution >= 0.6 is 0 Å². The topological polar surface area (TPSA) is 91.8 Å². The molecule has 1 aromatic carbocycles. The van der Waals surface area contributed by atoms with Crippen molar-refractivity contribution in [3.05, 3.63) is 54.0 Å². The van der Waals surface area contributed by atoms with Crippen LogP contribution < -0.4 is 0 Å². The van der Waals surface area contributed by atoms with Gasteiger partial charge in [-0.25, -0.2) is 14.2 Å². The van der Waals surface area contributed by atoms with Gasteiger partial charge in [0.25, 0.3) is 0 Å². The Hall–Kier alpha value is -2.56. The molecule has 7 heteroatoms. The Morgan fingerprint density at radius 1 is 1.24 bits per heavy atom. The van der Waals surface area contributed by atoms with Crippen LogP contribution in [0.2, 0.25) is 0 Å². The molecule has 2 aromatic heterocycles. The van der Waals surface area contributed by atoms with Crippen molar-refractivity contribution in [3.8, 4) is 6.07 Å². The molecule has 0 bridgehead atoms. The first kappa shape index (κ1) is 13.4. The number of hydrogen-bond acceptors (Lipinski definition) is 4. The van der Waals surface area contributed by atoms with Crippen molar-refractivity contribution in [2.24, 2.45) is 0 Å². The monoisotopic (exact) mass is 298 g/mol. The average molecular weight is 298 g/mol. The van der Waals surface area contributed by atoms with Gasteiger partial charge in [-0.2, -0.15) is 5.26 Å². The van der Waals surface area contributed by atoms with Gasteiger partial charge in [-0.1, -0.05) is 12.1 Å². The minimum absolute atomic E-state index is 0.343. The predicted molar refractivity (Wildman–Crippen MR) is 76.8 cm³/mol. The molecular formula is C14H10N4O2S. The Bertz CT molecular complexity index is 865. The van der Waals surface area contributed by atoms with E-state index in [0.717, 1.165) is 11.1 Å². The molecule has 0 fully saturated rings. The van der Waals surface area contributed by atoms with Crippen molar-refractivity contribution < 1.29 is 8.76 Å². The van der Waals surface area contributed by atoms with Gasteiger partial charge in [-0.05, 0) is 29.8 Å². The van der Waals surface area contributed by atoms with E-state index in [2.05, 4.69) is 9.97 Å². The first-order valence-corrected chi connectivity index (χ1v) is 7.20. The zero-order valence-electron chi connectivity index (χ0n) is 10.8. The summed E-state index contributed by atoms with van der Waals surface area (Å²) in [7, 11) is 0. The fraction of sp³-hybridized carbons (Fsp3) is 0.0714. The quantitative estimate of drug-likeness (QED) is 0.746. The van der Waals surface area contributed by atoms with E-state index in [9.17, 15) is 4.21 Å². The molecule has 104 valence electrons. The van der Waals surface area contributed by atoms with Crippen LogP contribution in [0, 0.1) is 11.3 Å². The molecule has 0 aliphatic rings. The predicted octanol–water partition coefficient (Wildman–Crippen LogP) is 1.93. The zero-order valence-corrected chi connectivity index (χ0v) is 11.6. The molecule has 0 saturated heterocycles. The van der Waals surface area contributed by atoms with Crippen LogP contribution in [0.4, 0.5) is 0 Å². The first-order valence-electron chi connectivity index (χ1n) is 6.09. The summed E-state index contributed by atoms with van der Waals surface area (Å²) >= 11 is -1.97. The Kier molecular flexibility index (Phi) is 3.48. The van der Waals surface area contributed by atoms with Crippen molar-refractivity contribution >= 4 is 22.2 Å². The summed E-state index contributed by atoms with van der Waals surface area (Å²) in [6.45, 7) is 0.525. The standard InChI is InChI=1S/C14H10N4O2S/c15-7-11-3-6-13-14(17-11)18(9-16-13)8-10-1-4-12(5-2-10)21(19)20/h1-6,9H,8H2,(H,19,20). The van der Waals surface area contributed by atoms with Gasteiger partial charge in [0, 0.05) is 0 Å². The van der Waals surface area contributed by atoms with Crippen LogP contribution in [0.3, 0.4) is 0 Å². The number of benzene rings is 1. The minimum atomic E-state index is -1.97. The number of nitrogens with zero attached hydrogens (tertiary/aromatic N) is 4. The molecule has 1 unspecified atom stereocenters. The van der Waals surface area contributed by atoms with Crippen LogP contribution in [-0.2, 0) is 17.6 Å². The highest BCUT2D eigenvalue weighted by atomic mass is 32.2. The van der Waals surface area contributed by atoms with Crippen LogP contribution in [0.5, 0.6) is 0 Å². The van der Waals surface area contributed by atoms with E-state index in [1.165, 1.54) is 0 Å². The molecule has 0 saturated carbocycles. The van der Waals surface area contributed by atoms with Gasteiger partial charge in [0.15, 0.2) is 16.7 Å². The van der Waals surface area contributed by atoms with E-state index >= 15 is 0 Å². The highest BCUT2D eigenvalue weighted by molar-refractivity contribution is 7.79. The number of aromatic nitrogens is 3. The van der Waals surface area contributed by atoms with Gasteiger partial charge in [-0.3, -0.25) is 0 Å². The van der Waals surface area contributed by atoms with Gasteiger partial charge >= 0.3 is 0 Å². The summed E-state index contributed by atoms with van der Waals surface area (Å²) < 4.78 is 21.8. The molecule has 0 aliphatic carbocycles. The third-order valence-corrected chi connectivity index (χ3v) is 3.73. The highest BCUT2D eigenvalue weighted by Gasteiger charge is 2.06. The number of imidazole rings is 1. The lowest BCUT2D eigenvalue weighted by molar-refractivity contribution is 0.564. The van der Waals surface area contributed by atoms with E-state index in [1.54, 1.807) is 42.7 Å². The Balaban J connectivity index is 1.94. The maximum Gasteiger partial charge on any atom is 0.186 e. The van der Waals surface area contributed by atoms with Crippen molar-refractivity contribution in [1.29, 1.82) is 5.26 Å². The molecular weight excluding hydrogens is 288 g/mol. The second-order valence-corrected chi connectivity index (χ2v) is 5.39. The number of hydrogen-bond donors (Lipinski definition) is 1. The van der Waals surface area contributed by atoms with E-state index in [-0.39, 0.29) is 0 Å². The maximum absolute atomic E-state index is 10.9. The Morgan fingerprint density at radius 2 is 2.00 bits per heavy atom. The summed E-state index contributed by atoms with van der Waals surface area (Å²) in [6.07, 6.45) is 1.66. The molecule has 0 aliphatic heterocycles. The van der Waals surface area contributed by atoms with E-state index in [0.29, 0.717) is 22.8 Å². The summed E-state index contributed by atoms with van der Waals surface area (Å²) in [5.41, 5.74) is 2.66. The van der Waals surface area contributed by atoms with Crippen molar-refractivity contribution in [3.63, 3.8) is 0 Å². The lowest BCUT2D eigenvalue weighted by atomic mass is 10.2. The summed E-state index contributed by atoms with van der Waals surface area (Å²) in [5.74, 6) is 0. The smallest absolute Gasteiger partial charge is 0.186 e. The third kappa shape index (κ3) is 2.67. The molecule has 1 N–H and O–H groups in total. The number of pyridine rings is 1. The zero-order chi connectivity index (χ0) is 14.8. The highest BCUT2D eigenvalue weighted by Crippen LogP contribution is 2.14. The van der Waals surface area contributed by atoms with Crippen molar-refractivity contribution in [1.82, 2.24) is 14.5 Å². The summed E-state index contributed by atoms with van der Waals surface area (Å²) in [5, 5.41) is 8.90.